The number of aromatic carboxylic acids is 1. The molecule has 4 bridgehead atoms. The van der Waals surface area contributed by atoms with Crippen LogP contribution in [0.2, 0.25) is 0 Å². The Morgan fingerprint density at radius 3 is 2.24 bits per heavy atom. The molecule has 5 aliphatic carbocycles. The monoisotopic (exact) mass is 1510 g/mol. The fourth-order valence-electron chi connectivity index (χ4n) is 18.1. The zero-order valence-electron chi connectivity index (χ0n) is 59.6. The Kier molecular flexibility index (Phi) is 20.4. The van der Waals surface area contributed by atoms with Gasteiger partial charge in [0, 0.05) is 78.9 Å². The van der Waals surface area contributed by atoms with Gasteiger partial charge in [-0.05, 0) is 152 Å². The number of hydrogen-bond donors (Lipinski definition) is 10. The lowest BCUT2D eigenvalue weighted by molar-refractivity contribution is -0.248. The van der Waals surface area contributed by atoms with Gasteiger partial charge in [-0.25, -0.2) is 24.4 Å². The van der Waals surface area contributed by atoms with Gasteiger partial charge in [0.2, 0.25) is 17.7 Å². The standard InChI is InChI=1S/C74H85N11O20S2/c1-39(2)57(80-54(86)30-84-55(87)18-19-56(84)88)65(94)76-40(3)63(92)77-44-15-14-43(47(26-44)50-27-74(50)62(91)60(90)59(89)61(105-74)67(97)98)31-103-69(99)82(23-25-107(100,101)102)22-24-104-73-35-70(5)32-71(6,36-73)34-72(33-70,37-73)38-85-41(4)48(28-75-85)45-16-17-53(79-58(45)66(95)96)83-21-20-42-10-9-11-46(49(42)29-83)64(93)81-68-78-51-12-7-8-13-52(51)106-68/h7-19,26,28,39-40,50,57,59-62,89-91H,20-25,27,29-38H2,1-6H3,(H,76,94)(H,77,92)(H,80,86)(H,95,96)(H,97,98)(H,78,81,93)(H,100,101,102)/t40-,50+,57-,59-,60-,61-,62+,70?,71?,72?,73?,74-/m0/s1. The number of carbonyl (C=O) groups excluding carboxylic acids is 7. The maximum atomic E-state index is 14.4. The number of aromatic nitrogens is 4. The number of rotatable bonds is 26. The van der Waals surface area contributed by atoms with E-state index in [0.717, 1.165) is 63.4 Å². The third kappa shape index (κ3) is 15.5. The molecule has 6 aromatic rings. The van der Waals surface area contributed by atoms with E-state index in [-0.39, 0.29) is 64.2 Å². The molecule has 5 saturated carbocycles. The van der Waals surface area contributed by atoms with Crippen LogP contribution >= 0.6 is 11.3 Å². The molecule has 7 amide bonds. The molecular formula is C74H85N11O20S2. The molecule has 10 atom stereocenters. The summed E-state index contributed by atoms with van der Waals surface area (Å²) >= 11 is 1.38. The summed E-state index contributed by atoms with van der Waals surface area (Å²) in [6.07, 6.45) is -0.183. The maximum absolute atomic E-state index is 14.4. The second-order valence-corrected chi connectivity index (χ2v) is 33.4. The highest BCUT2D eigenvalue weighted by molar-refractivity contribution is 7.85. The largest absolute Gasteiger partial charge is 0.479 e. The number of hydrogen-bond acceptors (Lipinski definition) is 22. The molecule has 107 heavy (non-hydrogen) atoms. The number of anilines is 3. The van der Waals surface area contributed by atoms with Gasteiger partial charge in [-0.3, -0.25) is 48.2 Å². The Labute approximate surface area is 618 Å². The zero-order valence-corrected chi connectivity index (χ0v) is 61.3. The Hall–Kier alpha value is -9.61. The van der Waals surface area contributed by atoms with E-state index in [9.17, 15) is 81.7 Å². The van der Waals surface area contributed by atoms with Crippen LogP contribution in [-0.2, 0) is 79.2 Å². The van der Waals surface area contributed by atoms with Crippen molar-refractivity contribution in [3.05, 3.63) is 130 Å². The van der Waals surface area contributed by atoms with Crippen LogP contribution in [0, 0.1) is 29.1 Å². The number of amides is 7. The van der Waals surface area contributed by atoms with Gasteiger partial charge in [0.15, 0.2) is 16.9 Å². The molecule has 6 fully saturated rings. The number of fused-ring (bicyclic) bond motifs is 2. The first-order valence-electron chi connectivity index (χ1n) is 35.4. The summed E-state index contributed by atoms with van der Waals surface area (Å²) in [6.45, 7) is 10.3. The van der Waals surface area contributed by atoms with Gasteiger partial charge in [0.05, 0.1) is 34.4 Å². The first-order valence-corrected chi connectivity index (χ1v) is 37.8. The molecule has 6 heterocycles. The molecule has 3 aromatic carbocycles. The first kappa shape index (κ1) is 75.6. The lowest BCUT2D eigenvalue weighted by atomic mass is 9.39. The number of pyridine rings is 1. The Bertz CT molecular complexity index is 4700. The van der Waals surface area contributed by atoms with Crippen LogP contribution in [0.4, 0.5) is 21.4 Å². The Morgan fingerprint density at radius 2 is 1.55 bits per heavy atom. The van der Waals surface area contributed by atoms with Crippen LogP contribution < -0.4 is 26.2 Å². The van der Waals surface area contributed by atoms with Crippen molar-refractivity contribution < 1.29 is 95.9 Å². The predicted molar refractivity (Wildman–Crippen MR) is 385 cm³/mol. The lowest BCUT2D eigenvalue weighted by Crippen LogP contribution is -2.64. The molecule has 3 aliphatic heterocycles. The van der Waals surface area contributed by atoms with Crippen molar-refractivity contribution in [3.8, 4) is 11.1 Å². The number of aliphatic hydroxyl groups excluding tert-OH is 3. The van der Waals surface area contributed by atoms with E-state index in [4.69, 9.17) is 24.3 Å². The molecule has 1 spiro atoms. The van der Waals surface area contributed by atoms with Crippen LogP contribution in [0.15, 0.2) is 91.1 Å². The van der Waals surface area contributed by atoms with Crippen LogP contribution in [0.5, 0.6) is 0 Å². The summed E-state index contributed by atoms with van der Waals surface area (Å²) in [4.78, 5) is 131. The molecule has 1 saturated heterocycles. The number of thiazole rings is 1. The molecule has 3 aromatic heterocycles. The summed E-state index contributed by atoms with van der Waals surface area (Å²) in [5.74, 6) is -8.88. The highest BCUT2D eigenvalue weighted by Gasteiger charge is 2.69. The molecule has 31 nitrogen and oxygen atoms in total. The zero-order chi connectivity index (χ0) is 76.6. The average Bonchev–Trinajstić information content (AvgIpc) is 1.50. The van der Waals surface area contributed by atoms with E-state index >= 15 is 0 Å². The molecular weight excluding hydrogens is 1430 g/mol. The van der Waals surface area contributed by atoms with E-state index in [2.05, 4.69) is 40.1 Å². The third-order valence-corrected chi connectivity index (χ3v) is 23.7. The van der Waals surface area contributed by atoms with Crippen LogP contribution in [-0.4, -0.2) is 208 Å². The molecule has 10 N–H and O–H groups in total. The van der Waals surface area contributed by atoms with Gasteiger partial charge in [-0.1, -0.05) is 69.4 Å². The highest BCUT2D eigenvalue weighted by atomic mass is 32.2. The number of nitrogens with one attached hydrogen (secondary N) is 4. The number of carboxylic acid groups (broad SMARTS) is 2. The minimum atomic E-state index is -4.65. The average molecular weight is 1510 g/mol. The number of carbonyl (C=O) groups is 9. The SMILES string of the molecule is Cc1c(-c2ccc(N3CCc4cccc(C(=O)Nc5nc6ccccc6s5)c4C3)nc2C(=O)O)cnn1CC12CC3(C)CC(C)(C1)CC(OCCN(CCS(=O)(=O)O)C(=O)OCc1ccc(NC(=O)[C@H](C)NC(=O)[C@@H](NC(=O)CN4C(=O)C=CC4=O)C(C)C)cc1[C@H]1C[C@]14O[C@H](C(=O)O)[C@@H](O)[C@H](O)[C@H]4O)(C3)C2. The quantitative estimate of drug-likeness (QED) is 0.0242. The van der Waals surface area contributed by atoms with Crippen LogP contribution in [0.1, 0.15) is 134 Å². The number of carboxylic acids is 2. The summed E-state index contributed by atoms with van der Waals surface area (Å²) in [7, 11) is -4.65. The van der Waals surface area contributed by atoms with Gasteiger partial charge >= 0.3 is 18.0 Å². The molecule has 0 radical (unpaired) electrons. The van der Waals surface area contributed by atoms with E-state index in [0.29, 0.717) is 77.9 Å². The Morgan fingerprint density at radius 1 is 0.822 bits per heavy atom. The molecule has 568 valence electrons. The normalized spacial score (nSPS) is 26.8. The smallest absolute Gasteiger partial charge is 0.410 e. The predicted octanol–water partition coefficient (Wildman–Crippen LogP) is 5.34. The summed E-state index contributed by atoms with van der Waals surface area (Å²) in [5.41, 5.74) is 1.86. The van der Waals surface area contributed by atoms with Gasteiger partial charge in [-0.2, -0.15) is 13.5 Å². The topological polar surface area (TPSA) is 438 Å². The van der Waals surface area contributed by atoms with Crippen molar-refractivity contribution in [1.82, 2.24) is 40.2 Å². The van der Waals surface area contributed by atoms with E-state index < -0.39 is 143 Å². The van der Waals surface area contributed by atoms with Crippen LogP contribution in [0.25, 0.3) is 21.3 Å². The first-order chi connectivity index (χ1) is 50.6. The fraction of sp³-hybridized carbons (Fsp3) is 0.486. The second kappa shape index (κ2) is 28.8. The van der Waals surface area contributed by atoms with Gasteiger partial charge in [-0.15, -0.1) is 0 Å². The molecule has 14 rings (SSSR count). The van der Waals surface area contributed by atoms with Gasteiger partial charge in [0.1, 0.15) is 55.0 Å². The molecule has 2 unspecified atom stereocenters. The highest BCUT2D eigenvalue weighted by Crippen LogP contribution is 2.72. The number of aliphatic carboxylic acids is 1. The minimum absolute atomic E-state index is 0.0775. The van der Waals surface area contributed by atoms with Crippen molar-refractivity contribution in [2.24, 2.45) is 22.2 Å². The number of aliphatic hydroxyl groups is 3. The minimum Gasteiger partial charge on any atom is -0.479 e. The van der Waals surface area contributed by atoms with Crippen molar-refractivity contribution in [1.29, 1.82) is 0 Å². The van der Waals surface area contributed by atoms with Gasteiger partial charge in [0.25, 0.3) is 27.8 Å². The van der Waals surface area contributed by atoms with Crippen LogP contribution in [0.3, 0.4) is 0 Å². The molecule has 8 aliphatic rings. The number of imide groups is 1. The summed E-state index contributed by atoms with van der Waals surface area (Å²) in [5, 5.41) is 69.9. The maximum Gasteiger partial charge on any atom is 0.410 e. The number of para-hydroxylation sites is 1. The lowest BCUT2D eigenvalue weighted by Gasteiger charge is -2.69. The van der Waals surface area contributed by atoms with Crippen molar-refractivity contribution in [3.63, 3.8) is 0 Å². The van der Waals surface area contributed by atoms with Crippen molar-refractivity contribution in [2.45, 2.75) is 166 Å². The summed E-state index contributed by atoms with van der Waals surface area (Å²) < 4.78 is 56.3. The van der Waals surface area contributed by atoms with E-state index in [1.54, 1.807) is 38.2 Å². The Balaban J connectivity index is 0.686. The van der Waals surface area contributed by atoms with E-state index in [1.807, 2.05) is 52.9 Å². The number of ether oxygens (including phenoxy) is 3. The van der Waals surface area contributed by atoms with Crippen molar-refractivity contribution in [2.75, 3.05) is 54.1 Å². The number of nitrogens with zero attached hydrogens (tertiary/aromatic N) is 7. The van der Waals surface area contributed by atoms with Gasteiger partial charge < -0.3 is 65.5 Å². The number of benzene rings is 3. The van der Waals surface area contributed by atoms with Crippen molar-refractivity contribution >= 4 is 102 Å². The molecule has 33 heteroatoms. The summed E-state index contributed by atoms with van der Waals surface area (Å²) in [6, 6.07) is 18.6. The fourth-order valence-corrected chi connectivity index (χ4v) is 19.4. The second-order valence-electron chi connectivity index (χ2n) is 30.8. The third-order valence-electron chi connectivity index (χ3n) is 22.0. The van der Waals surface area contributed by atoms with E-state index in [1.165, 1.54) is 36.5 Å².